The van der Waals surface area contributed by atoms with Crippen molar-refractivity contribution in [2.45, 2.75) is 45.1 Å². The molecule has 1 N–H and O–H groups in total. The molecule has 0 amide bonds. The summed E-state index contributed by atoms with van der Waals surface area (Å²) in [5, 5.41) is 3.74. The third-order valence-electron chi connectivity index (χ3n) is 5.84. The summed E-state index contributed by atoms with van der Waals surface area (Å²) in [4.78, 5) is 12.1. The number of allylic oxidation sites excluding steroid dienone is 2. The molecule has 3 heteroatoms. The van der Waals surface area contributed by atoms with E-state index in [9.17, 15) is 4.79 Å². The molecule has 140 valence electrons. The second-order valence-corrected chi connectivity index (χ2v) is 7.82. The van der Waals surface area contributed by atoms with E-state index in [1.165, 1.54) is 16.7 Å². The molecule has 0 bridgehead atoms. The van der Waals surface area contributed by atoms with Crippen LogP contribution in [0.5, 0.6) is 0 Å². The van der Waals surface area contributed by atoms with E-state index in [1.54, 1.807) is 0 Å². The first-order valence-electron chi connectivity index (χ1n) is 9.92. The zero-order valence-corrected chi connectivity index (χ0v) is 16.2. The molecule has 0 saturated carbocycles. The molecule has 3 unspecified atom stereocenters. The molecule has 1 aliphatic heterocycles. The highest BCUT2D eigenvalue weighted by molar-refractivity contribution is 5.90. The van der Waals surface area contributed by atoms with Crippen LogP contribution in [0.25, 0.3) is 0 Å². The van der Waals surface area contributed by atoms with Gasteiger partial charge in [0.1, 0.15) is 0 Å². The number of ether oxygens (including phenoxy) is 1. The smallest absolute Gasteiger partial charge is 0.338 e. The maximum Gasteiger partial charge on any atom is 0.338 e. The number of rotatable bonds is 4. The number of carbonyl (C=O) groups excluding carboxylic acids is 1. The largest absolute Gasteiger partial charge is 0.462 e. The summed E-state index contributed by atoms with van der Waals surface area (Å²) in [6.07, 6.45) is 5.63. The lowest BCUT2D eigenvalue weighted by Crippen LogP contribution is -2.29. The monoisotopic (exact) mass is 361 g/mol. The van der Waals surface area contributed by atoms with Crippen LogP contribution in [0.15, 0.2) is 54.6 Å². The number of esters is 1. The minimum absolute atomic E-state index is 0.245. The van der Waals surface area contributed by atoms with Crippen LogP contribution >= 0.6 is 0 Å². The van der Waals surface area contributed by atoms with Crippen molar-refractivity contribution < 1.29 is 9.53 Å². The Morgan fingerprint density at radius 1 is 1.19 bits per heavy atom. The molecule has 2 aromatic carbocycles. The minimum Gasteiger partial charge on any atom is -0.462 e. The second kappa shape index (κ2) is 7.22. The Labute approximate surface area is 161 Å². The third kappa shape index (κ3) is 3.27. The van der Waals surface area contributed by atoms with Crippen LogP contribution in [0.3, 0.4) is 0 Å². The normalized spacial score (nSPS) is 22.9. The molecule has 2 aromatic rings. The highest BCUT2D eigenvalue weighted by atomic mass is 16.5. The zero-order chi connectivity index (χ0) is 19.0. The summed E-state index contributed by atoms with van der Waals surface area (Å²) in [7, 11) is 0. The van der Waals surface area contributed by atoms with E-state index in [0.717, 1.165) is 12.1 Å². The van der Waals surface area contributed by atoms with Gasteiger partial charge in [0, 0.05) is 11.6 Å². The first-order valence-corrected chi connectivity index (χ1v) is 9.92. The van der Waals surface area contributed by atoms with Gasteiger partial charge in [-0.25, -0.2) is 4.79 Å². The molecule has 4 rings (SSSR count). The van der Waals surface area contributed by atoms with Crippen molar-refractivity contribution >= 4 is 11.7 Å². The van der Waals surface area contributed by atoms with Gasteiger partial charge in [0.2, 0.25) is 0 Å². The molecule has 1 aliphatic carbocycles. The van der Waals surface area contributed by atoms with E-state index in [0.29, 0.717) is 29.9 Å². The number of hydrogen-bond donors (Lipinski definition) is 1. The van der Waals surface area contributed by atoms with Crippen molar-refractivity contribution in [3.63, 3.8) is 0 Å². The quantitative estimate of drug-likeness (QED) is 0.551. The van der Waals surface area contributed by atoms with Crippen LogP contribution in [-0.2, 0) is 4.74 Å². The highest BCUT2D eigenvalue weighted by Gasteiger charge is 2.38. The average molecular weight is 361 g/mol. The number of hydrogen-bond acceptors (Lipinski definition) is 3. The first kappa shape index (κ1) is 17.8. The van der Waals surface area contributed by atoms with Gasteiger partial charge in [-0.15, -0.1) is 0 Å². The lowest BCUT2D eigenvalue weighted by molar-refractivity contribution is 0.0526. The van der Waals surface area contributed by atoms with E-state index in [1.807, 2.05) is 25.1 Å². The second-order valence-electron chi connectivity index (χ2n) is 7.82. The Bertz CT molecular complexity index is 866. The Morgan fingerprint density at radius 2 is 1.96 bits per heavy atom. The van der Waals surface area contributed by atoms with Crippen LogP contribution < -0.4 is 5.32 Å². The van der Waals surface area contributed by atoms with E-state index >= 15 is 0 Å². The van der Waals surface area contributed by atoms with Gasteiger partial charge in [-0.2, -0.15) is 0 Å². The van der Waals surface area contributed by atoms with E-state index in [4.69, 9.17) is 4.74 Å². The molecule has 2 aliphatic rings. The maximum atomic E-state index is 12.1. The fourth-order valence-corrected chi connectivity index (χ4v) is 4.35. The summed E-state index contributed by atoms with van der Waals surface area (Å²) in [5.74, 6) is 1.11. The number of fused-ring (bicyclic) bond motifs is 3. The fraction of sp³-hybridized carbons (Fsp3) is 0.375. The number of anilines is 1. The lowest BCUT2D eigenvalue weighted by Gasteiger charge is -2.37. The third-order valence-corrected chi connectivity index (χ3v) is 5.84. The van der Waals surface area contributed by atoms with Crippen molar-refractivity contribution in [3.05, 3.63) is 76.9 Å². The molecular formula is C24H27NO2. The molecule has 1 heterocycles. The molecule has 3 nitrogen and oxygen atoms in total. The topological polar surface area (TPSA) is 38.3 Å². The number of carbonyl (C=O) groups is 1. The van der Waals surface area contributed by atoms with E-state index < -0.39 is 0 Å². The van der Waals surface area contributed by atoms with Crippen molar-refractivity contribution in [3.8, 4) is 0 Å². The predicted octanol–water partition coefficient (Wildman–Crippen LogP) is 5.81. The van der Waals surface area contributed by atoms with Gasteiger partial charge in [0.25, 0.3) is 0 Å². The van der Waals surface area contributed by atoms with Crippen LogP contribution in [-0.4, -0.2) is 12.6 Å². The minimum atomic E-state index is -0.245. The van der Waals surface area contributed by atoms with Gasteiger partial charge in [-0.05, 0) is 60.1 Å². The molecule has 0 aromatic heterocycles. The molecule has 0 radical (unpaired) electrons. The van der Waals surface area contributed by atoms with Gasteiger partial charge in [0.05, 0.1) is 18.2 Å². The van der Waals surface area contributed by atoms with Crippen molar-refractivity contribution in [1.29, 1.82) is 0 Å². The Kier molecular flexibility index (Phi) is 4.77. The van der Waals surface area contributed by atoms with Crippen LogP contribution in [0.2, 0.25) is 0 Å². The summed E-state index contributed by atoms with van der Waals surface area (Å²) < 4.78 is 5.17. The molecule has 3 atom stereocenters. The van der Waals surface area contributed by atoms with Crippen molar-refractivity contribution in [1.82, 2.24) is 0 Å². The average Bonchev–Trinajstić information content (AvgIpc) is 3.17. The molecule has 0 saturated heterocycles. The Hall–Kier alpha value is -2.55. The molecular weight excluding hydrogens is 334 g/mol. The van der Waals surface area contributed by atoms with Gasteiger partial charge in [-0.3, -0.25) is 0 Å². The number of benzene rings is 2. The van der Waals surface area contributed by atoms with Gasteiger partial charge < -0.3 is 10.1 Å². The Balaban J connectivity index is 1.67. The van der Waals surface area contributed by atoms with Crippen LogP contribution in [0.4, 0.5) is 5.69 Å². The fourth-order valence-electron chi connectivity index (χ4n) is 4.35. The van der Waals surface area contributed by atoms with E-state index in [2.05, 4.69) is 55.6 Å². The summed E-state index contributed by atoms with van der Waals surface area (Å²) in [6, 6.07) is 15.2. The maximum absolute atomic E-state index is 12.1. The summed E-state index contributed by atoms with van der Waals surface area (Å²) >= 11 is 0. The molecule has 0 spiro atoms. The van der Waals surface area contributed by atoms with Crippen molar-refractivity contribution in [2.24, 2.45) is 5.92 Å². The summed E-state index contributed by atoms with van der Waals surface area (Å²) in [6.45, 7) is 6.68. The van der Waals surface area contributed by atoms with Crippen molar-refractivity contribution in [2.75, 3.05) is 11.9 Å². The highest BCUT2D eigenvalue weighted by Crippen LogP contribution is 2.50. The van der Waals surface area contributed by atoms with Gasteiger partial charge in [-0.1, -0.05) is 50.3 Å². The first-order chi connectivity index (χ1) is 13.1. The Morgan fingerprint density at radius 3 is 2.67 bits per heavy atom. The van der Waals surface area contributed by atoms with Crippen LogP contribution in [0, 0.1) is 5.92 Å². The predicted molar refractivity (Wildman–Crippen MR) is 109 cm³/mol. The zero-order valence-electron chi connectivity index (χ0n) is 16.2. The van der Waals surface area contributed by atoms with E-state index in [-0.39, 0.29) is 12.0 Å². The van der Waals surface area contributed by atoms with Gasteiger partial charge >= 0.3 is 5.97 Å². The molecule has 0 fully saturated rings. The van der Waals surface area contributed by atoms with Crippen LogP contribution in [0.1, 0.15) is 72.1 Å². The SMILES string of the molecule is CCOC(=O)c1ccc2c(c1)C1C=CCC1C(c1ccc(C(C)C)cc1)N2. The lowest BCUT2D eigenvalue weighted by atomic mass is 9.76. The standard InChI is InChI=1S/C24H27NO2/c1-4-27-24(26)18-12-13-22-21(14-18)19-6-5-7-20(19)23(25-22)17-10-8-16(9-11-17)15(2)3/h5-6,8-15,19-20,23,25H,4,7H2,1-3H3. The number of nitrogens with one attached hydrogen (secondary N) is 1. The summed E-state index contributed by atoms with van der Waals surface area (Å²) in [5.41, 5.74) is 5.66. The van der Waals surface area contributed by atoms with Gasteiger partial charge in [0.15, 0.2) is 0 Å². The molecule has 27 heavy (non-hydrogen) atoms.